The summed E-state index contributed by atoms with van der Waals surface area (Å²) < 4.78 is 0.256. The van der Waals surface area contributed by atoms with Gasteiger partial charge in [-0.05, 0) is 6.07 Å². The molecule has 0 spiro atoms. The van der Waals surface area contributed by atoms with E-state index >= 15 is 0 Å². The molecule has 0 radical (unpaired) electrons. The Balaban J connectivity index is 2.49. The first kappa shape index (κ1) is 13.8. The normalized spacial score (nSPS) is 11.2. The molecule has 0 aliphatic carbocycles. The second-order valence-corrected chi connectivity index (χ2v) is 6.59. The quantitative estimate of drug-likeness (QED) is 0.789. The van der Waals surface area contributed by atoms with Gasteiger partial charge < -0.3 is 11.1 Å². The number of hydrogen-bond donors (Lipinski definition) is 2. The maximum Gasteiger partial charge on any atom is 0.252 e. The van der Waals surface area contributed by atoms with E-state index in [1.807, 2.05) is 11.8 Å². The van der Waals surface area contributed by atoms with E-state index < -0.39 is 5.91 Å². The van der Waals surface area contributed by atoms with Gasteiger partial charge >= 0.3 is 0 Å². The lowest BCUT2D eigenvalue weighted by Crippen LogP contribution is -2.17. The van der Waals surface area contributed by atoms with Crippen molar-refractivity contribution in [3.8, 4) is 0 Å². The predicted octanol–water partition coefficient (Wildman–Crippen LogP) is 2.12. The third kappa shape index (κ3) is 5.08. The van der Waals surface area contributed by atoms with Crippen LogP contribution in [0.2, 0.25) is 0 Å². The molecule has 0 saturated carbocycles. The standard InChI is InChI=1S/C12H19N3OS/c1-12(2,3)17-7-6-15-10-4-5-14-8-9(10)11(13)16/h4-5,8H,6-7H2,1-3H3,(H2,13,16)(H,14,15). The summed E-state index contributed by atoms with van der Waals surface area (Å²) in [5.74, 6) is 0.522. The van der Waals surface area contributed by atoms with Gasteiger partial charge in [0.25, 0.3) is 5.91 Å². The molecule has 0 aliphatic rings. The zero-order valence-corrected chi connectivity index (χ0v) is 11.3. The van der Waals surface area contributed by atoms with Gasteiger partial charge in [-0.1, -0.05) is 20.8 Å². The molecular formula is C12H19N3OS. The fraction of sp³-hybridized carbons (Fsp3) is 0.500. The van der Waals surface area contributed by atoms with Crippen molar-refractivity contribution in [2.24, 2.45) is 5.73 Å². The van der Waals surface area contributed by atoms with E-state index in [4.69, 9.17) is 5.73 Å². The monoisotopic (exact) mass is 253 g/mol. The molecule has 1 aromatic rings. The highest BCUT2D eigenvalue weighted by Gasteiger charge is 2.10. The maximum absolute atomic E-state index is 11.2. The third-order valence-electron chi connectivity index (χ3n) is 2.04. The average Bonchev–Trinajstić information content (AvgIpc) is 2.23. The van der Waals surface area contributed by atoms with Gasteiger partial charge in [0, 0.05) is 29.4 Å². The van der Waals surface area contributed by atoms with Crippen LogP contribution in [-0.4, -0.2) is 27.9 Å². The number of aromatic nitrogens is 1. The predicted molar refractivity (Wildman–Crippen MR) is 73.5 cm³/mol. The number of thioether (sulfide) groups is 1. The van der Waals surface area contributed by atoms with Crippen LogP contribution in [0, 0.1) is 0 Å². The van der Waals surface area contributed by atoms with Crippen LogP contribution in [0.15, 0.2) is 18.5 Å². The second kappa shape index (κ2) is 5.91. The zero-order valence-electron chi connectivity index (χ0n) is 10.5. The number of pyridine rings is 1. The number of carbonyl (C=O) groups excluding carboxylic acids is 1. The highest BCUT2D eigenvalue weighted by Crippen LogP contribution is 2.22. The molecule has 1 rings (SSSR count). The fourth-order valence-corrected chi connectivity index (χ4v) is 2.10. The zero-order chi connectivity index (χ0) is 12.9. The number of nitrogens with zero attached hydrogens (tertiary/aromatic N) is 1. The molecule has 3 N–H and O–H groups in total. The first-order valence-electron chi connectivity index (χ1n) is 5.52. The summed E-state index contributed by atoms with van der Waals surface area (Å²) in [6.07, 6.45) is 3.13. The average molecular weight is 253 g/mol. The van der Waals surface area contributed by atoms with E-state index in [1.165, 1.54) is 6.20 Å². The molecule has 5 heteroatoms. The van der Waals surface area contributed by atoms with Crippen LogP contribution in [-0.2, 0) is 0 Å². The first-order valence-corrected chi connectivity index (χ1v) is 6.50. The Hall–Kier alpha value is -1.23. The summed E-state index contributed by atoms with van der Waals surface area (Å²) in [6.45, 7) is 7.34. The number of carbonyl (C=O) groups is 1. The molecule has 0 bridgehead atoms. The van der Waals surface area contributed by atoms with Crippen LogP contribution in [0.25, 0.3) is 0 Å². The Bertz CT molecular complexity index is 388. The Kier molecular flexibility index (Phi) is 4.81. The maximum atomic E-state index is 11.2. The summed E-state index contributed by atoms with van der Waals surface area (Å²) in [6, 6.07) is 1.77. The lowest BCUT2D eigenvalue weighted by atomic mass is 10.2. The van der Waals surface area contributed by atoms with Crippen molar-refractivity contribution >= 4 is 23.4 Å². The Morgan fingerprint density at radius 1 is 1.53 bits per heavy atom. The molecule has 0 aliphatic heterocycles. The number of rotatable bonds is 5. The minimum Gasteiger partial charge on any atom is -0.383 e. The van der Waals surface area contributed by atoms with Crippen LogP contribution in [0.4, 0.5) is 5.69 Å². The molecule has 4 nitrogen and oxygen atoms in total. The molecular weight excluding hydrogens is 234 g/mol. The topological polar surface area (TPSA) is 68.0 Å². The van der Waals surface area contributed by atoms with E-state index in [2.05, 4.69) is 31.1 Å². The van der Waals surface area contributed by atoms with Gasteiger partial charge in [-0.15, -0.1) is 0 Å². The number of hydrogen-bond acceptors (Lipinski definition) is 4. The van der Waals surface area contributed by atoms with Crippen molar-refractivity contribution in [1.82, 2.24) is 4.98 Å². The van der Waals surface area contributed by atoms with Gasteiger partial charge in [0.1, 0.15) is 0 Å². The molecule has 0 saturated heterocycles. The van der Waals surface area contributed by atoms with E-state index in [0.717, 1.165) is 18.0 Å². The minimum atomic E-state index is -0.455. The summed E-state index contributed by atoms with van der Waals surface area (Å²) in [4.78, 5) is 15.0. The van der Waals surface area contributed by atoms with Gasteiger partial charge in [0.2, 0.25) is 0 Å². The number of anilines is 1. The van der Waals surface area contributed by atoms with E-state index in [-0.39, 0.29) is 4.75 Å². The van der Waals surface area contributed by atoms with E-state index in [1.54, 1.807) is 12.3 Å². The van der Waals surface area contributed by atoms with E-state index in [9.17, 15) is 4.79 Å². The molecule has 94 valence electrons. The van der Waals surface area contributed by atoms with Gasteiger partial charge in [-0.2, -0.15) is 11.8 Å². The number of primary amides is 1. The minimum absolute atomic E-state index is 0.256. The smallest absolute Gasteiger partial charge is 0.252 e. The Labute approximate surface area is 106 Å². The van der Waals surface area contributed by atoms with Crippen molar-refractivity contribution in [2.75, 3.05) is 17.6 Å². The molecule has 17 heavy (non-hydrogen) atoms. The molecule has 1 heterocycles. The first-order chi connectivity index (χ1) is 7.90. The van der Waals surface area contributed by atoms with Crippen molar-refractivity contribution in [2.45, 2.75) is 25.5 Å². The van der Waals surface area contributed by atoms with Crippen molar-refractivity contribution in [3.05, 3.63) is 24.0 Å². The number of amides is 1. The number of nitrogens with two attached hydrogens (primary N) is 1. The lowest BCUT2D eigenvalue weighted by Gasteiger charge is -2.18. The summed E-state index contributed by atoms with van der Waals surface area (Å²) in [7, 11) is 0. The van der Waals surface area contributed by atoms with E-state index in [0.29, 0.717) is 5.56 Å². The van der Waals surface area contributed by atoms with Crippen LogP contribution in [0.5, 0.6) is 0 Å². The highest BCUT2D eigenvalue weighted by atomic mass is 32.2. The van der Waals surface area contributed by atoms with Crippen LogP contribution < -0.4 is 11.1 Å². The molecule has 1 aromatic heterocycles. The van der Waals surface area contributed by atoms with Crippen LogP contribution in [0.3, 0.4) is 0 Å². The highest BCUT2D eigenvalue weighted by molar-refractivity contribution is 8.00. The second-order valence-electron chi connectivity index (χ2n) is 4.67. The summed E-state index contributed by atoms with van der Waals surface area (Å²) in [5, 5.41) is 3.21. The molecule has 1 amide bonds. The van der Waals surface area contributed by atoms with Crippen molar-refractivity contribution < 1.29 is 4.79 Å². The Morgan fingerprint density at radius 2 is 2.24 bits per heavy atom. The third-order valence-corrected chi connectivity index (χ3v) is 3.31. The molecule has 0 unspecified atom stereocenters. The number of nitrogens with one attached hydrogen (secondary N) is 1. The lowest BCUT2D eigenvalue weighted by molar-refractivity contribution is 0.100. The molecule has 0 aromatic carbocycles. The fourth-order valence-electron chi connectivity index (χ4n) is 1.29. The van der Waals surface area contributed by atoms with Crippen molar-refractivity contribution in [3.63, 3.8) is 0 Å². The van der Waals surface area contributed by atoms with Gasteiger partial charge in [-0.3, -0.25) is 9.78 Å². The largest absolute Gasteiger partial charge is 0.383 e. The van der Waals surface area contributed by atoms with Gasteiger partial charge in [0.05, 0.1) is 11.3 Å². The van der Waals surface area contributed by atoms with Gasteiger partial charge in [-0.25, -0.2) is 0 Å². The summed E-state index contributed by atoms with van der Waals surface area (Å²) in [5.41, 5.74) is 6.45. The summed E-state index contributed by atoms with van der Waals surface area (Å²) >= 11 is 1.87. The van der Waals surface area contributed by atoms with Crippen LogP contribution >= 0.6 is 11.8 Å². The Morgan fingerprint density at radius 3 is 2.82 bits per heavy atom. The van der Waals surface area contributed by atoms with Crippen molar-refractivity contribution in [1.29, 1.82) is 0 Å². The molecule has 0 atom stereocenters. The van der Waals surface area contributed by atoms with Gasteiger partial charge in [0.15, 0.2) is 0 Å². The molecule has 0 fully saturated rings. The van der Waals surface area contributed by atoms with Crippen LogP contribution in [0.1, 0.15) is 31.1 Å². The SMILES string of the molecule is CC(C)(C)SCCNc1ccncc1C(N)=O.